The summed E-state index contributed by atoms with van der Waals surface area (Å²) in [6.07, 6.45) is 0.891. The molecule has 0 radical (unpaired) electrons. The van der Waals surface area contributed by atoms with Gasteiger partial charge in [0.1, 0.15) is 18.1 Å². The highest BCUT2D eigenvalue weighted by molar-refractivity contribution is 5.93. The van der Waals surface area contributed by atoms with Gasteiger partial charge in [0.25, 0.3) is 0 Å². The molecule has 4 unspecified atom stereocenters. The van der Waals surface area contributed by atoms with Crippen molar-refractivity contribution >= 4 is 29.7 Å². The average molecular weight is 464 g/mol. The Morgan fingerprint density at radius 3 is 2.03 bits per heavy atom. The summed E-state index contributed by atoms with van der Waals surface area (Å²) in [5.41, 5.74) is 17.0. The zero-order chi connectivity index (χ0) is 25.0. The third-order valence-corrected chi connectivity index (χ3v) is 4.71. The molecule has 33 heavy (non-hydrogen) atoms. The first-order valence-corrected chi connectivity index (χ1v) is 10.5. The van der Waals surface area contributed by atoms with E-state index in [1.807, 2.05) is 0 Å². The molecule has 0 heterocycles. The van der Waals surface area contributed by atoms with Gasteiger partial charge in [-0.2, -0.15) is 0 Å². The predicted octanol–water partition coefficient (Wildman–Crippen LogP) is -1.81. The highest BCUT2D eigenvalue weighted by atomic mass is 16.4. The van der Waals surface area contributed by atoms with E-state index in [0.717, 1.165) is 5.56 Å². The molecule has 10 N–H and O–H groups in total. The molecule has 0 saturated carbocycles. The SMILES string of the molecule is CC(NC(=O)C(N)CCCN=C(N)N)C(=O)NC(C)C(=O)NC(Cc1ccccc1)C(=O)O. The Kier molecular flexibility index (Phi) is 11.3. The Hall–Kier alpha value is -3.67. The molecule has 12 heteroatoms. The lowest BCUT2D eigenvalue weighted by atomic mass is 10.1. The normalized spacial score (nSPS) is 14.2. The van der Waals surface area contributed by atoms with Crippen LogP contribution in [0.4, 0.5) is 0 Å². The molecule has 0 aliphatic carbocycles. The van der Waals surface area contributed by atoms with Gasteiger partial charge >= 0.3 is 5.97 Å². The first kappa shape index (κ1) is 27.4. The van der Waals surface area contributed by atoms with E-state index < -0.39 is 47.9 Å². The minimum atomic E-state index is -1.19. The van der Waals surface area contributed by atoms with Crippen molar-refractivity contribution in [2.75, 3.05) is 6.54 Å². The number of nitrogens with two attached hydrogens (primary N) is 3. The maximum Gasteiger partial charge on any atom is 0.326 e. The van der Waals surface area contributed by atoms with Crippen LogP contribution in [0.5, 0.6) is 0 Å². The van der Waals surface area contributed by atoms with Crippen LogP contribution in [-0.4, -0.2) is 65.5 Å². The monoisotopic (exact) mass is 463 g/mol. The Morgan fingerprint density at radius 2 is 1.48 bits per heavy atom. The minimum absolute atomic E-state index is 0.0498. The smallest absolute Gasteiger partial charge is 0.326 e. The zero-order valence-corrected chi connectivity index (χ0v) is 18.8. The fourth-order valence-corrected chi connectivity index (χ4v) is 2.79. The van der Waals surface area contributed by atoms with Crippen molar-refractivity contribution in [2.24, 2.45) is 22.2 Å². The van der Waals surface area contributed by atoms with E-state index in [0.29, 0.717) is 19.4 Å². The van der Waals surface area contributed by atoms with Crippen molar-refractivity contribution in [3.8, 4) is 0 Å². The number of guanidine groups is 1. The Morgan fingerprint density at radius 1 is 0.939 bits per heavy atom. The van der Waals surface area contributed by atoms with Gasteiger partial charge in [0.15, 0.2) is 5.96 Å². The Balaban J connectivity index is 2.52. The number of benzene rings is 1. The first-order chi connectivity index (χ1) is 15.5. The van der Waals surface area contributed by atoms with E-state index in [1.165, 1.54) is 13.8 Å². The number of amides is 3. The number of aliphatic imine (C=N–C) groups is 1. The molecule has 0 aliphatic heterocycles. The summed E-state index contributed by atoms with van der Waals surface area (Å²) in [5.74, 6) is -3.06. The van der Waals surface area contributed by atoms with Crippen molar-refractivity contribution < 1.29 is 24.3 Å². The van der Waals surface area contributed by atoms with E-state index >= 15 is 0 Å². The number of rotatable bonds is 13. The number of hydrogen-bond acceptors (Lipinski definition) is 6. The molecule has 0 fully saturated rings. The summed E-state index contributed by atoms with van der Waals surface area (Å²) in [4.78, 5) is 52.2. The van der Waals surface area contributed by atoms with E-state index in [-0.39, 0.29) is 12.4 Å². The highest BCUT2D eigenvalue weighted by Gasteiger charge is 2.26. The van der Waals surface area contributed by atoms with Crippen LogP contribution in [0.15, 0.2) is 35.3 Å². The third kappa shape index (κ3) is 10.5. The molecule has 0 spiro atoms. The van der Waals surface area contributed by atoms with E-state index in [4.69, 9.17) is 17.2 Å². The van der Waals surface area contributed by atoms with Crippen molar-refractivity contribution in [2.45, 2.75) is 57.3 Å². The number of nitrogens with one attached hydrogen (secondary N) is 3. The standard InChI is InChI=1S/C21H33N7O5/c1-12(27-19(31)15(22)9-6-10-25-21(23)24)17(29)26-13(2)18(30)28-16(20(32)33)11-14-7-4-3-5-8-14/h3-5,7-8,12-13,15-16H,6,9-11,22H2,1-2H3,(H,26,29)(H,27,31)(H,28,30)(H,32,33)(H4,23,24,25). The van der Waals surface area contributed by atoms with Crippen LogP contribution in [0, 0.1) is 0 Å². The quantitative estimate of drug-likeness (QED) is 0.100. The summed E-state index contributed by atoms with van der Waals surface area (Å²) in [5, 5.41) is 16.8. The fraction of sp³-hybridized carbons (Fsp3) is 0.476. The van der Waals surface area contributed by atoms with E-state index in [1.54, 1.807) is 30.3 Å². The van der Waals surface area contributed by atoms with Gasteiger partial charge in [-0.1, -0.05) is 30.3 Å². The van der Waals surface area contributed by atoms with Gasteiger partial charge in [0.05, 0.1) is 6.04 Å². The Bertz CT molecular complexity index is 843. The Labute approximate surface area is 192 Å². The zero-order valence-electron chi connectivity index (χ0n) is 18.8. The number of hydrogen-bond donors (Lipinski definition) is 7. The van der Waals surface area contributed by atoms with Crippen LogP contribution >= 0.6 is 0 Å². The average Bonchev–Trinajstić information content (AvgIpc) is 2.76. The number of carboxylic acids is 1. The van der Waals surface area contributed by atoms with Crippen LogP contribution in [0.3, 0.4) is 0 Å². The van der Waals surface area contributed by atoms with Crippen LogP contribution in [0.25, 0.3) is 0 Å². The van der Waals surface area contributed by atoms with Crippen molar-refractivity contribution in [1.82, 2.24) is 16.0 Å². The maximum atomic E-state index is 12.4. The van der Waals surface area contributed by atoms with Crippen LogP contribution in [-0.2, 0) is 25.6 Å². The second kappa shape index (κ2) is 13.7. The molecule has 4 atom stereocenters. The molecule has 1 aromatic carbocycles. The second-order valence-electron chi connectivity index (χ2n) is 7.60. The molecule has 0 saturated heterocycles. The van der Waals surface area contributed by atoms with Gasteiger partial charge in [-0.3, -0.25) is 19.4 Å². The molecular formula is C21H33N7O5. The summed E-state index contributed by atoms with van der Waals surface area (Å²) in [6, 6.07) is 4.84. The van der Waals surface area contributed by atoms with Gasteiger partial charge in [-0.25, -0.2) is 4.79 Å². The molecule has 0 aliphatic rings. The summed E-state index contributed by atoms with van der Waals surface area (Å²) in [6.45, 7) is 3.19. The van der Waals surface area contributed by atoms with Gasteiger partial charge in [-0.15, -0.1) is 0 Å². The first-order valence-electron chi connectivity index (χ1n) is 10.5. The lowest BCUT2D eigenvalue weighted by Crippen LogP contribution is -2.55. The molecular weight excluding hydrogens is 430 g/mol. The van der Waals surface area contributed by atoms with Crippen LogP contribution < -0.4 is 33.2 Å². The number of carboxylic acid groups (broad SMARTS) is 1. The van der Waals surface area contributed by atoms with Gasteiger partial charge in [-0.05, 0) is 32.3 Å². The van der Waals surface area contributed by atoms with Crippen molar-refractivity contribution in [3.05, 3.63) is 35.9 Å². The highest BCUT2D eigenvalue weighted by Crippen LogP contribution is 2.04. The predicted molar refractivity (Wildman–Crippen MR) is 123 cm³/mol. The molecule has 3 amide bonds. The van der Waals surface area contributed by atoms with Crippen LogP contribution in [0.2, 0.25) is 0 Å². The number of carbonyl (C=O) groups excluding carboxylic acids is 3. The minimum Gasteiger partial charge on any atom is -0.480 e. The van der Waals surface area contributed by atoms with E-state index in [9.17, 15) is 24.3 Å². The summed E-state index contributed by atoms with van der Waals surface area (Å²) < 4.78 is 0. The lowest BCUT2D eigenvalue weighted by Gasteiger charge is -2.21. The largest absolute Gasteiger partial charge is 0.480 e. The number of aliphatic carboxylic acids is 1. The molecule has 1 rings (SSSR count). The summed E-state index contributed by atoms with van der Waals surface area (Å²) >= 11 is 0. The van der Waals surface area contributed by atoms with Gasteiger partial charge in [0, 0.05) is 13.0 Å². The summed E-state index contributed by atoms with van der Waals surface area (Å²) in [7, 11) is 0. The number of carbonyl (C=O) groups is 4. The topological polar surface area (TPSA) is 215 Å². The second-order valence-corrected chi connectivity index (χ2v) is 7.60. The van der Waals surface area contributed by atoms with Gasteiger partial charge < -0.3 is 38.3 Å². The van der Waals surface area contributed by atoms with E-state index in [2.05, 4.69) is 20.9 Å². The fourth-order valence-electron chi connectivity index (χ4n) is 2.79. The molecule has 0 bridgehead atoms. The maximum absolute atomic E-state index is 12.4. The molecule has 0 aromatic heterocycles. The van der Waals surface area contributed by atoms with Crippen LogP contribution in [0.1, 0.15) is 32.3 Å². The molecule has 1 aromatic rings. The molecule has 182 valence electrons. The number of nitrogens with zero attached hydrogens (tertiary/aromatic N) is 1. The molecule has 12 nitrogen and oxygen atoms in total. The van der Waals surface area contributed by atoms with Crippen molar-refractivity contribution in [3.63, 3.8) is 0 Å². The third-order valence-electron chi connectivity index (χ3n) is 4.71. The van der Waals surface area contributed by atoms with Gasteiger partial charge in [0.2, 0.25) is 17.7 Å². The van der Waals surface area contributed by atoms with Crippen molar-refractivity contribution in [1.29, 1.82) is 0 Å². The lowest BCUT2D eigenvalue weighted by molar-refractivity contribution is -0.142.